The number of rotatable bonds is 3. The fourth-order valence-corrected chi connectivity index (χ4v) is 1.61. The van der Waals surface area contributed by atoms with E-state index in [-0.39, 0.29) is 0 Å². The van der Waals surface area contributed by atoms with E-state index in [0.29, 0.717) is 23.6 Å². The van der Waals surface area contributed by atoms with Crippen LogP contribution in [0, 0.1) is 18.3 Å². The maximum atomic E-state index is 8.88. The van der Waals surface area contributed by atoms with Gasteiger partial charge >= 0.3 is 0 Å². The third-order valence-electron chi connectivity index (χ3n) is 2.89. The maximum absolute atomic E-state index is 8.88. The lowest BCUT2D eigenvalue weighted by Gasteiger charge is -2.08. The molecule has 0 spiro atoms. The fraction of sp³-hybridized carbons (Fsp3) is 0.250. The largest absolute Gasteiger partial charge is 0.395 e. The Labute approximate surface area is 105 Å². The number of pyridine rings is 1. The Morgan fingerprint density at radius 3 is 2.94 bits per heavy atom. The van der Waals surface area contributed by atoms with Gasteiger partial charge in [0.05, 0.1) is 17.4 Å². The maximum Gasteiger partial charge on any atom is 0.150 e. The molecule has 0 radical (unpaired) electrons. The molecule has 2 rings (SSSR count). The van der Waals surface area contributed by atoms with E-state index < -0.39 is 0 Å². The van der Waals surface area contributed by atoms with Crippen LogP contribution in [-0.2, 0) is 13.6 Å². The summed E-state index contributed by atoms with van der Waals surface area (Å²) in [6.45, 7) is 2.57. The number of hydrogen-bond acceptors (Lipinski definition) is 5. The molecule has 0 unspecified atom stereocenters. The second-order valence-electron chi connectivity index (χ2n) is 3.96. The zero-order chi connectivity index (χ0) is 13.1. The molecule has 6 heteroatoms. The number of nitrogens with zero attached hydrogens (tertiary/aromatic N) is 4. The van der Waals surface area contributed by atoms with Gasteiger partial charge in [-0.05, 0) is 13.0 Å². The summed E-state index contributed by atoms with van der Waals surface area (Å²) in [5, 5.41) is 16.2. The highest BCUT2D eigenvalue weighted by Crippen LogP contribution is 2.20. The molecule has 0 aliphatic heterocycles. The first-order chi connectivity index (χ1) is 8.63. The molecule has 0 saturated heterocycles. The van der Waals surface area contributed by atoms with Crippen LogP contribution in [0.15, 0.2) is 18.5 Å². The average molecular weight is 242 g/mol. The number of nitrogen functional groups attached to an aromatic ring is 1. The first-order valence-electron chi connectivity index (χ1n) is 5.49. The first-order valence-corrected chi connectivity index (χ1v) is 5.49. The second-order valence-corrected chi connectivity index (χ2v) is 3.96. The normalized spacial score (nSPS) is 10.1. The number of nitrogens with one attached hydrogen (secondary N) is 1. The molecule has 0 atom stereocenters. The molecule has 0 aliphatic rings. The van der Waals surface area contributed by atoms with E-state index >= 15 is 0 Å². The average Bonchev–Trinajstić information content (AvgIpc) is 2.69. The van der Waals surface area contributed by atoms with Gasteiger partial charge in [0, 0.05) is 31.0 Å². The van der Waals surface area contributed by atoms with E-state index in [0.717, 1.165) is 11.3 Å². The van der Waals surface area contributed by atoms with Crippen molar-refractivity contribution in [2.24, 2.45) is 7.05 Å². The summed E-state index contributed by atoms with van der Waals surface area (Å²) < 4.78 is 1.81. The van der Waals surface area contributed by atoms with Gasteiger partial charge < -0.3 is 11.1 Å². The Kier molecular flexibility index (Phi) is 3.15. The number of aromatic nitrogens is 3. The smallest absolute Gasteiger partial charge is 0.150 e. The lowest BCUT2D eigenvalue weighted by molar-refractivity contribution is 0.738. The minimum absolute atomic E-state index is 0.376. The first kappa shape index (κ1) is 11.9. The highest BCUT2D eigenvalue weighted by atomic mass is 15.3. The van der Waals surface area contributed by atoms with E-state index in [1.54, 1.807) is 23.1 Å². The van der Waals surface area contributed by atoms with E-state index in [9.17, 15) is 0 Å². The third kappa shape index (κ3) is 2.11. The molecule has 18 heavy (non-hydrogen) atoms. The van der Waals surface area contributed by atoms with Gasteiger partial charge in [-0.1, -0.05) is 0 Å². The van der Waals surface area contributed by atoms with Crippen molar-refractivity contribution < 1.29 is 0 Å². The van der Waals surface area contributed by atoms with Crippen molar-refractivity contribution in [1.82, 2.24) is 14.8 Å². The molecular formula is C12H14N6. The lowest BCUT2D eigenvalue weighted by Crippen LogP contribution is -2.06. The van der Waals surface area contributed by atoms with Crippen molar-refractivity contribution in [3.8, 4) is 6.07 Å². The van der Waals surface area contributed by atoms with Crippen LogP contribution in [-0.4, -0.2) is 14.8 Å². The molecule has 6 nitrogen and oxygen atoms in total. The summed E-state index contributed by atoms with van der Waals surface area (Å²) in [6.07, 6.45) is 3.36. The van der Waals surface area contributed by atoms with Crippen LogP contribution in [0.4, 0.5) is 11.5 Å². The van der Waals surface area contributed by atoms with Gasteiger partial charge in [-0.3, -0.25) is 4.68 Å². The molecule has 0 aliphatic carbocycles. The molecule has 2 aromatic rings. The van der Waals surface area contributed by atoms with Crippen molar-refractivity contribution in [2.45, 2.75) is 13.5 Å². The standard InChI is InChI=1S/C12H14N6/c1-8-10(7-17-18(8)2)6-16-12-11(14)9(5-13)3-4-15-12/h3-4,7H,6,14H2,1-2H3,(H,15,16). The molecule has 0 aromatic carbocycles. The second kappa shape index (κ2) is 4.75. The van der Waals surface area contributed by atoms with Crippen LogP contribution < -0.4 is 11.1 Å². The summed E-state index contributed by atoms with van der Waals surface area (Å²) in [6, 6.07) is 3.62. The van der Waals surface area contributed by atoms with Crippen LogP contribution >= 0.6 is 0 Å². The molecule has 0 bridgehead atoms. The Morgan fingerprint density at radius 1 is 1.56 bits per heavy atom. The van der Waals surface area contributed by atoms with Crippen molar-refractivity contribution in [3.63, 3.8) is 0 Å². The van der Waals surface area contributed by atoms with Crippen molar-refractivity contribution >= 4 is 11.5 Å². The molecule has 2 aromatic heterocycles. The fourth-order valence-electron chi connectivity index (χ4n) is 1.61. The van der Waals surface area contributed by atoms with Crippen molar-refractivity contribution in [2.75, 3.05) is 11.1 Å². The molecular weight excluding hydrogens is 228 g/mol. The van der Waals surface area contributed by atoms with Gasteiger partial charge in [0.1, 0.15) is 6.07 Å². The molecule has 0 fully saturated rings. The molecule has 0 saturated carbocycles. The molecule has 3 N–H and O–H groups in total. The van der Waals surface area contributed by atoms with Crippen LogP contribution in [0.2, 0.25) is 0 Å². The van der Waals surface area contributed by atoms with Gasteiger partial charge in [-0.15, -0.1) is 0 Å². The Bertz CT molecular complexity index is 608. The molecule has 2 heterocycles. The zero-order valence-corrected chi connectivity index (χ0v) is 10.3. The van der Waals surface area contributed by atoms with E-state index in [4.69, 9.17) is 11.0 Å². The van der Waals surface area contributed by atoms with Gasteiger partial charge in [-0.2, -0.15) is 10.4 Å². The van der Waals surface area contributed by atoms with Crippen LogP contribution in [0.5, 0.6) is 0 Å². The Hall–Kier alpha value is -2.55. The summed E-state index contributed by atoms with van der Waals surface area (Å²) in [4.78, 5) is 4.12. The van der Waals surface area contributed by atoms with Gasteiger partial charge in [0.25, 0.3) is 0 Å². The van der Waals surface area contributed by atoms with Gasteiger partial charge in [-0.25, -0.2) is 4.98 Å². The predicted molar refractivity (Wildman–Crippen MR) is 68.6 cm³/mol. The Morgan fingerprint density at radius 2 is 2.33 bits per heavy atom. The number of anilines is 2. The van der Waals surface area contributed by atoms with Crippen LogP contribution in [0.3, 0.4) is 0 Å². The van der Waals surface area contributed by atoms with Crippen molar-refractivity contribution in [1.29, 1.82) is 5.26 Å². The van der Waals surface area contributed by atoms with Crippen LogP contribution in [0.1, 0.15) is 16.8 Å². The van der Waals surface area contributed by atoms with E-state index in [1.165, 1.54) is 0 Å². The number of nitriles is 1. The SMILES string of the molecule is Cc1c(CNc2nccc(C#N)c2N)cnn1C. The highest BCUT2D eigenvalue weighted by molar-refractivity contribution is 5.68. The predicted octanol–water partition coefficient (Wildman–Crippen LogP) is 1.19. The third-order valence-corrected chi connectivity index (χ3v) is 2.89. The van der Waals surface area contributed by atoms with Gasteiger partial charge in [0.2, 0.25) is 0 Å². The minimum Gasteiger partial charge on any atom is -0.395 e. The highest BCUT2D eigenvalue weighted by Gasteiger charge is 2.07. The summed E-state index contributed by atoms with van der Waals surface area (Å²) in [7, 11) is 1.89. The summed E-state index contributed by atoms with van der Waals surface area (Å²) in [5.41, 5.74) is 8.79. The number of nitrogens with two attached hydrogens (primary N) is 1. The van der Waals surface area contributed by atoms with Gasteiger partial charge in [0.15, 0.2) is 5.82 Å². The quantitative estimate of drug-likeness (QED) is 0.843. The number of aryl methyl sites for hydroxylation is 1. The van der Waals surface area contributed by atoms with Crippen LogP contribution in [0.25, 0.3) is 0 Å². The minimum atomic E-state index is 0.376. The summed E-state index contributed by atoms with van der Waals surface area (Å²) in [5.74, 6) is 0.525. The van der Waals surface area contributed by atoms with E-state index in [2.05, 4.69) is 15.4 Å². The number of hydrogen-bond donors (Lipinski definition) is 2. The molecule has 92 valence electrons. The zero-order valence-electron chi connectivity index (χ0n) is 10.3. The summed E-state index contributed by atoms with van der Waals surface area (Å²) >= 11 is 0. The van der Waals surface area contributed by atoms with Crippen molar-refractivity contribution in [3.05, 3.63) is 35.3 Å². The lowest BCUT2D eigenvalue weighted by atomic mass is 10.2. The Balaban J connectivity index is 2.16. The monoisotopic (exact) mass is 242 g/mol. The van der Waals surface area contributed by atoms with E-state index in [1.807, 2.05) is 20.0 Å². The topological polar surface area (TPSA) is 92.6 Å². The molecule has 0 amide bonds.